The molecule has 1 atom stereocenters. The van der Waals surface area contributed by atoms with E-state index in [0.717, 1.165) is 22.5 Å². The third-order valence-electron chi connectivity index (χ3n) is 3.50. The van der Waals surface area contributed by atoms with Gasteiger partial charge in [-0.05, 0) is 36.8 Å². The van der Waals surface area contributed by atoms with E-state index in [4.69, 9.17) is 0 Å². The number of anilines is 1. The molecule has 0 fully saturated rings. The standard InChI is InChI=1S/C17H14F2N2/c1-11(12-5-6-15(18)16(19)9-12)21-17-4-2-3-13-10-20-8-7-14(13)17/h2-11,21H,1H3. The smallest absolute Gasteiger partial charge is 0.159 e. The zero-order chi connectivity index (χ0) is 14.8. The number of nitrogens with zero attached hydrogens (tertiary/aromatic N) is 1. The van der Waals surface area contributed by atoms with Crippen LogP contribution in [0.25, 0.3) is 10.8 Å². The zero-order valence-corrected chi connectivity index (χ0v) is 11.5. The van der Waals surface area contributed by atoms with Crippen molar-refractivity contribution in [1.82, 2.24) is 4.98 Å². The second-order valence-electron chi connectivity index (χ2n) is 4.94. The Morgan fingerprint density at radius 3 is 2.71 bits per heavy atom. The van der Waals surface area contributed by atoms with E-state index in [2.05, 4.69) is 10.3 Å². The lowest BCUT2D eigenvalue weighted by Gasteiger charge is -2.17. The van der Waals surface area contributed by atoms with Gasteiger partial charge in [-0.2, -0.15) is 0 Å². The van der Waals surface area contributed by atoms with Gasteiger partial charge in [0.05, 0.1) is 0 Å². The summed E-state index contributed by atoms with van der Waals surface area (Å²) in [5.41, 5.74) is 1.63. The van der Waals surface area contributed by atoms with E-state index in [1.165, 1.54) is 6.07 Å². The first-order chi connectivity index (χ1) is 10.1. The fraction of sp³-hybridized carbons (Fsp3) is 0.118. The van der Waals surface area contributed by atoms with Crippen LogP contribution in [0.15, 0.2) is 54.9 Å². The van der Waals surface area contributed by atoms with Crippen molar-refractivity contribution in [3.8, 4) is 0 Å². The van der Waals surface area contributed by atoms with Gasteiger partial charge < -0.3 is 5.32 Å². The molecule has 2 aromatic carbocycles. The van der Waals surface area contributed by atoms with Gasteiger partial charge in [-0.3, -0.25) is 4.98 Å². The highest BCUT2D eigenvalue weighted by Gasteiger charge is 2.10. The van der Waals surface area contributed by atoms with Crippen molar-refractivity contribution in [1.29, 1.82) is 0 Å². The van der Waals surface area contributed by atoms with Crippen LogP contribution in [0.4, 0.5) is 14.5 Å². The Morgan fingerprint density at radius 1 is 1.05 bits per heavy atom. The van der Waals surface area contributed by atoms with Crippen LogP contribution < -0.4 is 5.32 Å². The predicted molar refractivity (Wildman–Crippen MR) is 80.1 cm³/mol. The molecule has 0 saturated heterocycles. The monoisotopic (exact) mass is 284 g/mol. The molecule has 0 bridgehead atoms. The summed E-state index contributed by atoms with van der Waals surface area (Å²) in [7, 11) is 0. The number of aromatic nitrogens is 1. The van der Waals surface area contributed by atoms with Crippen molar-refractivity contribution < 1.29 is 8.78 Å². The van der Waals surface area contributed by atoms with E-state index in [-0.39, 0.29) is 6.04 Å². The minimum atomic E-state index is -0.831. The van der Waals surface area contributed by atoms with Crippen LogP contribution in [0.1, 0.15) is 18.5 Å². The van der Waals surface area contributed by atoms with Crippen molar-refractivity contribution in [2.24, 2.45) is 0 Å². The summed E-state index contributed by atoms with van der Waals surface area (Å²) in [6, 6.07) is 11.6. The molecule has 1 aromatic heterocycles. The van der Waals surface area contributed by atoms with Gasteiger partial charge >= 0.3 is 0 Å². The van der Waals surface area contributed by atoms with Gasteiger partial charge in [0.2, 0.25) is 0 Å². The van der Waals surface area contributed by atoms with Crippen molar-refractivity contribution >= 4 is 16.5 Å². The number of nitrogens with one attached hydrogen (secondary N) is 1. The minimum absolute atomic E-state index is 0.140. The number of hydrogen-bond acceptors (Lipinski definition) is 2. The van der Waals surface area contributed by atoms with E-state index < -0.39 is 11.6 Å². The summed E-state index contributed by atoms with van der Waals surface area (Å²) in [5.74, 6) is -1.66. The fourth-order valence-corrected chi connectivity index (χ4v) is 2.35. The molecule has 1 heterocycles. The van der Waals surface area contributed by atoms with Gasteiger partial charge in [-0.15, -0.1) is 0 Å². The maximum absolute atomic E-state index is 13.3. The molecular formula is C17H14F2N2. The molecule has 3 rings (SSSR count). The van der Waals surface area contributed by atoms with Crippen molar-refractivity contribution in [2.75, 3.05) is 5.32 Å². The molecule has 1 unspecified atom stereocenters. The number of fused-ring (bicyclic) bond motifs is 1. The number of benzene rings is 2. The summed E-state index contributed by atoms with van der Waals surface area (Å²) in [6.07, 6.45) is 3.53. The molecule has 0 amide bonds. The van der Waals surface area contributed by atoms with E-state index in [0.29, 0.717) is 5.56 Å². The normalized spacial score (nSPS) is 12.3. The van der Waals surface area contributed by atoms with Gasteiger partial charge in [-0.25, -0.2) is 8.78 Å². The SMILES string of the molecule is CC(Nc1cccc2cnccc12)c1ccc(F)c(F)c1. The maximum atomic E-state index is 13.3. The minimum Gasteiger partial charge on any atom is -0.378 e. The third-order valence-corrected chi connectivity index (χ3v) is 3.50. The number of halogens is 2. The first kappa shape index (κ1) is 13.5. The number of rotatable bonds is 3. The van der Waals surface area contributed by atoms with Crippen molar-refractivity contribution in [3.05, 3.63) is 72.1 Å². The van der Waals surface area contributed by atoms with Gasteiger partial charge in [0, 0.05) is 34.9 Å². The van der Waals surface area contributed by atoms with Crippen LogP contribution in [0, 0.1) is 11.6 Å². The molecule has 0 saturated carbocycles. The number of pyridine rings is 1. The van der Waals surface area contributed by atoms with Gasteiger partial charge in [0.25, 0.3) is 0 Å². The van der Waals surface area contributed by atoms with Crippen molar-refractivity contribution in [3.63, 3.8) is 0 Å². The quantitative estimate of drug-likeness (QED) is 0.755. The van der Waals surface area contributed by atoms with E-state index in [1.807, 2.05) is 31.2 Å². The molecule has 0 spiro atoms. The Bertz CT molecular complexity index is 781. The van der Waals surface area contributed by atoms with E-state index >= 15 is 0 Å². The van der Waals surface area contributed by atoms with Crippen LogP contribution in [0.2, 0.25) is 0 Å². The van der Waals surface area contributed by atoms with Gasteiger partial charge in [0.15, 0.2) is 11.6 Å². The van der Waals surface area contributed by atoms with Crippen LogP contribution in [-0.4, -0.2) is 4.98 Å². The highest BCUT2D eigenvalue weighted by atomic mass is 19.2. The molecular weight excluding hydrogens is 270 g/mol. The van der Waals surface area contributed by atoms with Crippen molar-refractivity contribution in [2.45, 2.75) is 13.0 Å². The van der Waals surface area contributed by atoms with Crippen LogP contribution in [0.3, 0.4) is 0 Å². The highest BCUT2D eigenvalue weighted by Crippen LogP contribution is 2.27. The average Bonchev–Trinajstić information content (AvgIpc) is 2.50. The molecule has 3 aromatic rings. The van der Waals surface area contributed by atoms with Crippen LogP contribution in [0.5, 0.6) is 0 Å². The molecule has 0 radical (unpaired) electrons. The summed E-state index contributed by atoms with van der Waals surface area (Å²) >= 11 is 0. The predicted octanol–water partition coefficient (Wildman–Crippen LogP) is 4.69. The lowest BCUT2D eigenvalue weighted by atomic mass is 10.1. The molecule has 21 heavy (non-hydrogen) atoms. The summed E-state index contributed by atoms with van der Waals surface area (Å²) in [6.45, 7) is 1.91. The summed E-state index contributed by atoms with van der Waals surface area (Å²) in [4.78, 5) is 4.09. The Hall–Kier alpha value is -2.49. The lowest BCUT2D eigenvalue weighted by Crippen LogP contribution is -2.07. The topological polar surface area (TPSA) is 24.9 Å². The van der Waals surface area contributed by atoms with E-state index in [9.17, 15) is 8.78 Å². The number of hydrogen-bond donors (Lipinski definition) is 1. The Kier molecular flexibility index (Phi) is 3.52. The van der Waals surface area contributed by atoms with Gasteiger partial charge in [-0.1, -0.05) is 18.2 Å². The average molecular weight is 284 g/mol. The molecule has 1 N–H and O–H groups in total. The Balaban J connectivity index is 1.92. The molecule has 4 heteroatoms. The molecule has 2 nitrogen and oxygen atoms in total. The van der Waals surface area contributed by atoms with Crippen LogP contribution >= 0.6 is 0 Å². The maximum Gasteiger partial charge on any atom is 0.159 e. The fourth-order valence-electron chi connectivity index (χ4n) is 2.35. The first-order valence-electron chi connectivity index (χ1n) is 6.69. The molecule has 0 aliphatic rings. The summed E-state index contributed by atoms with van der Waals surface area (Å²) in [5, 5.41) is 5.40. The second-order valence-corrected chi connectivity index (χ2v) is 4.94. The highest BCUT2D eigenvalue weighted by molar-refractivity contribution is 5.93. The van der Waals surface area contributed by atoms with E-state index in [1.54, 1.807) is 18.5 Å². The zero-order valence-electron chi connectivity index (χ0n) is 11.5. The first-order valence-corrected chi connectivity index (χ1v) is 6.69. The lowest BCUT2D eigenvalue weighted by molar-refractivity contribution is 0.506. The van der Waals surface area contributed by atoms with Gasteiger partial charge in [0.1, 0.15) is 0 Å². The third kappa shape index (κ3) is 2.70. The molecule has 0 aliphatic heterocycles. The van der Waals surface area contributed by atoms with Crippen LogP contribution in [-0.2, 0) is 0 Å². The Morgan fingerprint density at radius 2 is 1.90 bits per heavy atom. The Labute approximate surface area is 121 Å². The molecule has 106 valence electrons. The summed E-state index contributed by atoms with van der Waals surface area (Å²) < 4.78 is 26.3. The molecule has 0 aliphatic carbocycles. The second kappa shape index (κ2) is 5.48. The largest absolute Gasteiger partial charge is 0.378 e.